The molecule has 0 aliphatic rings. The molecule has 0 amide bonds. The molecule has 22 heavy (non-hydrogen) atoms. The second-order valence-corrected chi connectivity index (χ2v) is 5.47. The highest BCUT2D eigenvalue weighted by Crippen LogP contribution is 2.15. The highest BCUT2D eigenvalue weighted by Gasteiger charge is 2.19. The maximum atomic E-state index is 11.7. The quantitative estimate of drug-likeness (QED) is 0.368. The third-order valence-electron chi connectivity index (χ3n) is 4.05. The summed E-state index contributed by atoms with van der Waals surface area (Å²) in [5, 5.41) is 12.4. The van der Waals surface area contributed by atoms with Crippen molar-refractivity contribution < 1.29 is 14.3 Å². The van der Waals surface area contributed by atoms with Crippen LogP contribution in [-0.2, 0) is 0 Å². The van der Waals surface area contributed by atoms with E-state index in [0.29, 0.717) is 17.3 Å². The van der Waals surface area contributed by atoms with Crippen molar-refractivity contribution in [1.29, 1.82) is 0 Å². The molecular formula is C16H26BrClN2O2. The van der Waals surface area contributed by atoms with Crippen molar-refractivity contribution in [3.05, 3.63) is 29.3 Å². The van der Waals surface area contributed by atoms with E-state index in [1.54, 1.807) is 24.3 Å². The maximum Gasteiger partial charge on any atom is 0.119 e. The van der Waals surface area contributed by atoms with Crippen molar-refractivity contribution in [1.82, 2.24) is 0 Å². The minimum absolute atomic E-state index is 0. The fourth-order valence-electron chi connectivity index (χ4n) is 2.25. The van der Waals surface area contributed by atoms with Crippen molar-refractivity contribution in [3.8, 4) is 5.75 Å². The lowest BCUT2D eigenvalue weighted by Gasteiger charge is -2.35. The SMILES string of the molecule is Br.CC[N+](CC)(CC)CCN=C([O-])COc1ccc(Cl)cc1. The van der Waals surface area contributed by atoms with Gasteiger partial charge in [0.25, 0.3) is 0 Å². The first-order valence-corrected chi connectivity index (χ1v) is 7.86. The normalized spacial score (nSPS) is 11.9. The highest BCUT2D eigenvalue weighted by atomic mass is 79.9. The van der Waals surface area contributed by atoms with Gasteiger partial charge in [-0.3, -0.25) is 4.99 Å². The molecule has 4 nitrogen and oxygen atoms in total. The van der Waals surface area contributed by atoms with Crippen LogP contribution in [0.1, 0.15) is 20.8 Å². The first-order valence-electron chi connectivity index (χ1n) is 7.49. The Morgan fingerprint density at radius 3 is 2.18 bits per heavy atom. The molecule has 0 radical (unpaired) electrons. The van der Waals surface area contributed by atoms with E-state index in [0.717, 1.165) is 30.7 Å². The van der Waals surface area contributed by atoms with Crippen molar-refractivity contribution in [2.24, 2.45) is 4.99 Å². The monoisotopic (exact) mass is 392 g/mol. The Labute approximate surface area is 149 Å². The van der Waals surface area contributed by atoms with Crippen LogP contribution in [0.2, 0.25) is 5.02 Å². The van der Waals surface area contributed by atoms with Crippen LogP contribution in [0.3, 0.4) is 0 Å². The van der Waals surface area contributed by atoms with Gasteiger partial charge < -0.3 is 14.3 Å². The van der Waals surface area contributed by atoms with Crippen molar-refractivity contribution in [2.45, 2.75) is 20.8 Å². The number of halogens is 2. The Morgan fingerprint density at radius 1 is 1.14 bits per heavy atom. The first kappa shape index (κ1) is 21.2. The van der Waals surface area contributed by atoms with E-state index in [1.165, 1.54) is 0 Å². The van der Waals surface area contributed by atoms with Gasteiger partial charge in [-0.05, 0) is 50.9 Å². The van der Waals surface area contributed by atoms with Crippen LogP contribution in [0.4, 0.5) is 0 Å². The fraction of sp³-hybridized carbons (Fsp3) is 0.562. The Morgan fingerprint density at radius 2 is 1.68 bits per heavy atom. The Hall–Kier alpha value is -0.780. The van der Waals surface area contributed by atoms with Crippen LogP contribution in [-0.4, -0.2) is 49.7 Å². The number of nitrogens with zero attached hydrogens (tertiary/aromatic N) is 2. The predicted octanol–water partition coefficient (Wildman–Crippen LogP) is 2.93. The van der Waals surface area contributed by atoms with Gasteiger partial charge in [0.05, 0.1) is 32.7 Å². The minimum atomic E-state index is -0.216. The Balaban J connectivity index is 0.00000441. The standard InChI is InChI=1S/C16H25ClN2O2.BrH/c1-4-19(5-2,6-3)12-11-18-16(20)13-21-15-9-7-14(17)8-10-15;/h7-10H,4-6,11-13H2,1-3H3;1H. The van der Waals surface area contributed by atoms with Crippen molar-refractivity contribution in [2.75, 3.05) is 39.3 Å². The summed E-state index contributed by atoms with van der Waals surface area (Å²) in [5.41, 5.74) is 0. The smallest absolute Gasteiger partial charge is 0.119 e. The number of benzene rings is 1. The number of aliphatic imine (C=N–C) groups is 1. The molecule has 0 saturated heterocycles. The summed E-state index contributed by atoms with van der Waals surface area (Å²) >= 11 is 5.78. The Kier molecular flexibility index (Phi) is 10.5. The third-order valence-corrected chi connectivity index (χ3v) is 4.30. The summed E-state index contributed by atoms with van der Waals surface area (Å²) in [6, 6.07) is 6.94. The van der Waals surface area contributed by atoms with E-state index in [9.17, 15) is 5.11 Å². The number of hydrogen-bond acceptors (Lipinski definition) is 3. The largest absolute Gasteiger partial charge is 0.860 e. The molecule has 0 spiro atoms. The zero-order valence-electron chi connectivity index (χ0n) is 13.5. The molecule has 0 unspecified atom stereocenters. The molecule has 6 heteroatoms. The van der Waals surface area contributed by atoms with Gasteiger partial charge in [-0.1, -0.05) is 11.6 Å². The zero-order valence-corrected chi connectivity index (χ0v) is 16.0. The van der Waals surface area contributed by atoms with Crippen LogP contribution in [0.25, 0.3) is 0 Å². The molecule has 1 aromatic carbocycles. The predicted molar refractivity (Wildman–Crippen MR) is 96.3 cm³/mol. The maximum absolute atomic E-state index is 11.7. The summed E-state index contributed by atoms with van der Waals surface area (Å²) in [6.07, 6.45) is 0. The number of hydrogen-bond donors (Lipinski definition) is 0. The fourth-order valence-corrected chi connectivity index (χ4v) is 2.38. The van der Waals surface area contributed by atoms with Crippen molar-refractivity contribution >= 4 is 34.5 Å². The van der Waals surface area contributed by atoms with Crippen LogP contribution < -0.4 is 9.84 Å². The molecular weight excluding hydrogens is 368 g/mol. The second kappa shape index (κ2) is 10.9. The molecule has 1 aromatic rings. The lowest BCUT2D eigenvalue weighted by atomic mass is 10.3. The van der Waals surface area contributed by atoms with E-state index in [1.807, 2.05) is 0 Å². The van der Waals surface area contributed by atoms with Gasteiger partial charge in [0, 0.05) is 5.02 Å². The minimum Gasteiger partial charge on any atom is -0.860 e. The summed E-state index contributed by atoms with van der Waals surface area (Å²) in [6.45, 7) is 11.2. The van der Waals surface area contributed by atoms with Gasteiger partial charge in [-0.15, -0.1) is 17.0 Å². The highest BCUT2D eigenvalue weighted by molar-refractivity contribution is 8.93. The van der Waals surface area contributed by atoms with Gasteiger partial charge in [0.2, 0.25) is 0 Å². The van der Waals surface area contributed by atoms with E-state index in [-0.39, 0.29) is 29.5 Å². The molecule has 0 aromatic heterocycles. The molecule has 0 fully saturated rings. The van der Waals surface area contributed by atoms with E-state index in [4.69, 9.17) is 16.3 Å². The zero-order chi connectivity index (χ0) is 15.7. The average Bonchev–Trinajstić information content (AvgIpc) is 2.51. The summed E-state index contributed by atoms with van der Waals surface area (Å²) in [7, 11) is 0. The van der Waals surface area contributed by atoms with Crippen LogP contribution >= 0.6 is 28.6 Å². The average molecular weight is 394 g/mol. The van der Waals surface area contributed by atoms with Gasteiger partial charge in [0.1, 0.15) is 12.4 Å². The van der Waals surface area contributed by atoms with Crippen LogP contribution in [0.15, 0.2) is 29.3 Å². The molecule has 0 heterocycles. The number of ether oxygens (including phenoxy) is 1. The van der Waals surface area contributed by atoms with Gasteiger partial charge in [0.15, 0.2) is 0 Å². The summed E-state index contributed by atoms with van der Waals surface area (Å²) in [4.78, 5) is 4.08. The van der Waals surface area contributed by atoms with Gasteiger partial charge >= 0.3 is 0 Å². The van der Waals surface area contributed by atoms with Crippen molar-refractivity contribution in [3.63, 3.8) is 0 Å². The second-order valence-electron chi connectivity index (χ2n) is 5.03. The molecule has 0 N–H and O–H groups in total. The lowest BCUT2D eigenvalue weighted by Crippen LogP contribution is -2.49. The summed E-state index contributed by atoms with van der Waals surface area (Å²) < 4.78 is 6.37. The van der Waals surface area contributed by atoms with Gasteiger partial charge in [-0.25, -0.2) is 0 Å². The summed E-state index contributed by atoms with van der Waals surface area (Å²) in [5.74, 6) is 0.412. The number of rotatable bonds is 9. The molecule has 0 saturated carbocycles. The number of likely N-dealkylation sites (N-methyl/N-ethyl adjacent to an activating group) is 1. The molecule has 0 aliphatic carbocycles. The van der Waals surface area contributed by atoms with Crippen LogP contribution in [0, 0.1) is 0 Å². The first-order chi connectivity index (χ1) is 10.0. The van der Waals surface area contributed by atoms with E-state index >= 15 is 0 Å². The molecule has 0 atom stereocenters. The number of quaternary nitrogens is 1. The molecule has 1 rings (SSSR count). The Bertz CT molecular complexity index is 440. The third kappa shape index (κ3) is 6.99. The van der Waals surface area contributed by atoms with E-state index < -0.39 is 0 Å². The van der Waals surface area contributed by atoms with E-state index in [2.05, 4.69) is 25.8 Å². The topological polar surface area (TPSA) is 44.7 Å². The molecule has 126 valence electrons. The van der Waals surface area contributed by atoms with Crippen LogP contribution in [0.5, 0.6) is 5.75 Å². The lowest BCUT2D eigenvalue weighted by molar-refractivity contribution is -0.921. The van der Waals surface area contributed by atoms with Gasteiger partial charge in [-0.2, -0.15) is 0 Å². The molecule has 0 bridgehead atoms. The molecule has 0 aliphatic heterocycles.